The van der Waals surface area contributed by atoms with Crippen LogP contribution in [0.25, 0.3) is 0 Å². The Labute approximate surface area is 89.7 Å². The van der Waals surface area contributed by atoms with Crippen molar-refractivity contribution in [2.75, 3.05) is 11.9 Å². The van der Waals surface area contributed by atoms with E-state index in [4.69, 9.17) is 0 Å². The predicted molar refractivity (Wildman–Crippen MR) is 58.5 cm³/mol. The number of nitrogens with zero attached hydrogens (tertiary/aromatic N) is 2. The minimum absolute atomic E-state index is 0.104. The summed E-state index contributed by atoms with van der Waals surface area (Å²) in [4.78, 5) is 0. The third-order valence-electron chi connectivity index (χ3n) is 2.90. The summed E-state index contributed by atoms with van der Waals surface area (Å²) in [7, 11) is 0. The molecule has 1 aliphatic rings. The number of aromatic nitrogens is 2. The predicted octanol–water partition coefficient (Wildman–Crippen LogP) is 1.44. The number of nitrogens with one attached hydrogen (secondary N) is 1. The molecule has 2 atom stereocenters. The topological polar surface area (TPSA) is 58.0 Å². The van der Waals surface area contributed by atoms with E-state index in [1.807, 2.05) is 12.1 Å². The molecule has 4 heteroatoms. The zero-order valence-electron chi connectivity index (χ0n) is 8.76. The normalized spacial score (nSPS) is 26.2. The number of aliphatic hydroxyl groups excluding tert-OH is 1. The molecule has 1 heterocycles. The van der Waals surface area contributed by atoms with Gasteiger partial charge in [0.2, 0.25) is 0 Å². The highest BCUT2D eigenvalue weighted by atomic mass is 16.3. The molecule has 0 amide bonds. The molecule has 0 spiro atoms. The molecule has 1 fully saturated rings. The average Bonchev–Trinajstić information content (AvgIpc) is 2.28. The van der Waals surface area contributed by atoms with Crippen LogP contribution in [-0.2, 0) is 0 Å². The largest absolute Gasteiger partial charge is 0.393 e. The first-order valence-electron chi connectivity index (χ1n) is 5.54. The lowest BCUT2D eigenvalue weighted by molar-refractivity contribution is 0.104. The van der Waals surface area contributed by atoms with Crippen molar-refractivity contribution in [2.45, 2.75) is 31.8 Å². The molecule has 1 aliphatic carbocycles. The van der Waals surface area contributed by atoms with Gasteiger partial charge in [-0.25, -0.2) is 0 Å². The Balaban J connectivity index is 1.78. The van der Waals surface area contributed by atoms with Gasteiger partial charge in [-0.2, -0.15) is 5.10 Å². The summed E-state index contributed by atoms with van der Waals surface area (Å²) in [5, 5.41) is 20.5. The Morgan fingerprint density at radius 3 is 3.13 bits per heavy atom. The van der Waals surface area contributed by atoms with Crippen LogP contribution in [-0.4, -0.2) is 28.0 Å². The standard InChI is InChI=1S/C11H17N3O/c15-10-4-1-3-9(7-10)8-12-11-5-2-6-13-14-11/h2,5-6,9-10,15H,1,3-4,7-8H2,(H,12,14). The lowest BCUT2D eigenvalue weighted by Crippen LogP contribution is -2.25. The summed E-state index contributed by atoms with van der Waals surface area (Å²) in [6.07, 6.45) is 5.76. The van der Waals surface area contributed by atoms with Crippen LogP contribution in [0.3, 0.4) is 0 Å². The van der Waals surface area contributed by atoms with E-state index in [1.54, 1.807) is 6.20 Å². The lowest BCUT2D eigenvalue weighted by Gasteiger charge is -2.25. The van der Waals surface area contributed by atoms with E-state index in [0.717, 1.165) is 31.6 Å². The highest BCUT2D eigenvalue weighted by Gasteiger charge is 2.19. The molecule has 82 valence electrons. The second-order valence-corrected chi connectivity index (χ2v) is 4.18. The number of anilines is 1. The quantitative estimate of drug-likeness (QED) is 0.787. The van der Waals surface area contributed by atoms with E-state index >= 15 is 0 Å². The zero-order valence-corrected chi connectivity index (χ0v) is 8.76. The Hall–Kier alpha value is -1.16. The number of rotatable bonds is 3. The molecule has 1 aromatic heterocycles. The van der Waals surface area contributed by atoms with Gasteiger partial charge in [0.15, 0.2) is 0 Å². The molecule has 0 bridgehead atoms. The zero-order chi connectivity index (χ0) is 10.5. The van der Waals surface area contributed by atoms with E-state index in [2.05, 4.69) is 15.5 Å². The summed E-state index contributed by atoms with van der Waals surface area (Å²) >= 11 is 0. The molecule has 0 aliphatic heterocycles. The van der Waals surface area contributed by atoms with Gasteiger partial charge in [-0.3, -0.25) is 0 Å². The molecule has 2 unspecified atom stereocenters. The maximum Gasteiger partial charge on any atom is 0.148 e. The molecule has 4 nitrogen and oxygen atoms in total. The van der Waals surface area contributed by atoms with Crippen molar-refractivity contribution in [3.63, 3.8) is 0 Å². The van der Waals surface area contributed by atoms with Gasteiger partial charge in [0.05, 0.1) is 6.10 Å². The van der Waals surface area contributed by atoms with Crippen molar-refractivity contribution < 1.29 is 5.11 Å². The van der Waals surface area contributed by atoms with Crippen molar-refractivity contribution in [1.82, 2.24) is 10.2 Å². The van der Waals surface area contributed by atoms with E-state index in [-0.39, 0.29) is 6.10 Å². The van der Waals surface area contributed by atoms with Gasteiger partial charge >= 0.3 is 0 Å². The summed E-state index contributed by atoms with van der Waals surface area (Å²) in [5.74, 6) is 1.38. The monoisotopic (exact) mass is 207 g/mol. The molecule has 15 heavy (non-hydrogen) atoms. The Morgan fingerprint density at radius 1 is 1.47 bits per heavy atom. The van der Waals surface area contributed by atoms with Crippen LogP contribution in [0, 0.1) is 5.92 Å². The van der Waals surface area contributed by atoms with E-state index < -0.39 is 0 Å². The molecular formula is C11H17N3O. The van der Waals surface area contributed by atoms with Crippen molar-refractivity contribution in [3.05, 3.63) is 18.3 Å². The van der Waals surface area contributed by atoms with Gasteiger partial charge in [0.1, 0.15) is 5.82 Å². The van der Waals surface area contributed by atoms with Crippen LogP contribution in [0.2, 0.25) is 0 Å². The third kappa shape index (κ3) is 3.16. The van der Waals surface area contributed by atoms with Crippen molar-refractivity contribution in [3.8, 4) is 0 Å². The summed E-state index contributed by atoms with van der Waals surface area (Å²) in [6.45, 7) is 0.885. The van der Waals surface area contributed by atoms with Crippen LogP contribution >= 0.6 is 0 Å². The van der Waals surface area contributed by atoms with E-state index in [9.17, 15) is 5.11 Å². The maximum atomic E-state index is 9.52. The first-order valence-corrected chi connectivity index (χ1v) is 5.54. The lowest BCUT2D eigenvalue weighted by atomic mass is 9.87. The Kier molecular flexibility index (Phi) is 3.50. The SMILES string of the molecule is OC1CCCC(CNc2cccnn2)C1. The average molecular weight is 207 g/mol. The summed E-state index contributed by atoms with van der Waals surface area (Å²) < 4.78 is 0. The molecule has 1 saturated carbocycles. The Bertz CT molecular complexity index is 291. The minimum Gasteiger partial charge on any atom is -0.393 e. The fourth-order valence-electron chi connectivity index (χ4n) is 2.09. The van der Waals surface area contributed by atoms with Crippen LogP contribution < -0.4 is 5.32 Å². The maximum absolute atomic E-state index is 9.52. The second-order valence-electron chi connectivity index (χ2n) is 4.18. The highest BCUT2D eigenvalue weighted by molar-refractivity contribution is 5.31. The highest BCUT2D eigenvalue weighted by Crippen LogP contribution is 2.24. The van der Waals surface area contributed by atoms with Gasteiger partial charge in [0, 0.05) is 12.7 Å². The van der Waals surface area contributed by atoms with Crippen LogP contribution in [0.5, 0.6) is 0 Å². The van der Waals surface area contributed by atoms with Crippen LogP contribution in [0.1, 0.15) is 25.7 Å². The first kappa shape index (κ1) is 10.4. The van der Waals surface area contributed by atoms with Crippen LogP contribution in [0.4, 0.5) is 5.82 Å². The number of aliphatic hydroxyl groups is 1. The molecule has 2 N–H and O–H groups in total. The smallest absolute Gasteiger partial charge is 0.148 e. The number of hydrogen-bond acceptors (Lipinski definition) is 4. The summed E-state index contributed by atoms with van der Waals surface area (Å²) in [6, 6.07) is 3.78. The number of hydrogen-bond donors (Lipinski definition) is 2. The van der Waals surface area contributed by atoms with Crippen molar-refractivity contribution in [2.24, 2.45) is 5.92 Å². The van der Waals surface area contributed by atoms with Gasteiger partial charge < -0.3 is 10.4 Å². The van der Waals surface area contributed by atoms with E-state index in [1.165, 1.54) is 6.42 Å². The minimum atomic E-state index is -0.104. The molecule has 1 aromatic rings. The molecule has 0 saturated heterocycles. The van der Waals surface area contributed by atoms with Crippen LogP contribution in [0.15, 0.2) is 18.3 Å². The second kappa shape index (κ2) is 5.07. The van der Waals surface area contributed by atoms with Crippen molar-refractivity contribution in [1.29, 1.82) is 0 Å². The fraction of sp³-hybridized carbons (Fsp3) is 0.636. The third-order valence-corrected chi connectivity index (χ3v) is 2.90. The first-order chi connectivity index (χ1) is 7.34. The molecule has 0 aromatic carbocycles. The van der Waals surface area contributed by atoms with Gasteiger partial charge in [-0.1, -0.05) is 6.42 Å². The van der Waals surface area contributed by atoms with Gasteiger partial charge in [-0.15, -0.1) is 5.10 Å². The van der Waals surface area contributed by atoms with Gasteiger partial charge in [0.25, 0.3) is 0 Å². The molecular weight excluding hydrogens is 190 g/mol. The van der Waals surface area contributed by atoms with E-state index in [0.29, 0.717) is 5.92 Å². The molecule has 0 radical (unpaired) electrons. The summed E-state index contributed by atoms with van der Waals surface area (Å²) in [5.41, 5.74) is 0. The van der Waals surface area contributed by atoms with Crippen molar-refractivity contribution >= 4 is 5.82 Å². The Morgan fingerprint density at radius 2 is 2.40 bits per heavy atom. The fourth-order valence-corrected chi connectivity index (χ4v) is 2.09. The van der Waals surface area contributed by atoms with Gasteiger partial charge in [-0.05, 0) is 37.3 Å². The molecule has 2 rings (SSSR count).